The molecule has 9 heteroatoms. The van der Waals surface area contributed by atoms with E-state index in [4.69, 9.17) is 36.1 Å². The molecule has 1 aromatic heterocycles. The number of carboxylic acids is 2. The van der Waals surface area contributed by atoms with Crippen molar-refractivity contribution in [2.45, 2.75) is 64.3 Å². The molecule has 2 fully saturated rings. The third-order valence-corrected chi connectivity index (χ3v) is 7.69. The fourth-order valence-corrected chi connectivity index (χ4v) is 5.44. The van der Waals surface area contributed by atoms with E-state index in [-0.39, 0.29) is 5.56 Å². The van der Waals surface area contributed by atoms with E-state index in [1.807, 2.05) is 0 Å². The van der Waals surface area contributed by atoms with Gasteiger partial charge in [-0.1, -0.05) is 56.0 Å². The lowest BCUT2D eigenvalue weighted by atomic mass is 9.77. The molecule has 1 saturated carbocycles. The van der Waals surface area contributed by atoms with Crippen LogP contribution in [-0.4, -0.2) is 51.7 Å². The minimum atomic E-state index is -1.82. The van der Waals surface area contributed by atoms with E-state index in [0.29, 0.717) is 23.4 Å². The number of pyridine rings is 1. The molecule has 0 spiro atoms. The Morgan fingerprint density at radius 2 is 1.73 bits per heavy atom. The molecule has 2 aromatic rings. The maximum atomic E-state index is 12.0. The second-order valence-corrected chi connectivity index (χ2v) is 10.5. The number of rotatable bonds is 7. The average Bonchev–Trinajstić information content (AvgIpc) is 2.91. The lowest BCUT2D eigenvalue weighted by molar-refractivity contribution is -0.159. The number of benzene rings is 1. The van der Waals surface area contributed by atoms with E-state index in [0.717, 1.165) is 49.8 Å². The number of likely N-dealkylation sites (tertiary alicyclic amines) is 1. The number of aromatic nitrogens is 1. The van der Waals surface area contributed by atoms with Crippen molar-refractivity contribution >= 4 is 23.5 Å². The van der Waals surface area contributed by atoms with Crippen molar-refractivity contribution in [2.24, 2.45) is 11.8 Å². The first-order chi connectivity index (χ1) is 17.7. The van der Waals surface area contributed by atoms with Crippen LogP contribution in [0.1, 0.15) is 68.9 Å². The molecule has 1 aliphatic heterocycles. The molecule has 202 valence electrons. The first-order valence-electron chi connectivity index (χ1n) is 13.0. The number of para-hydroxylation sites is 1. The van der Waals surface area contributed by atoms with Crippen molar-refractivity contribution in [3.8, 4) is 5.75 Å². The molecule has 2 aliphatic rings. The van der Waals surface area contributed by atoms with Crippen molar-refractivity contribution < 1.29 is 24.5 Å². The van der Waals surface area contributed by atoms with Gasteiger partial charge in [0.25, 0.3) is 5.56 Å². The predicted molar refractivity (Wildman–Crippen MR) is 142 cm³/mol. The van der Waals surface area contributed by atoms with Gasteiger partial charge in [0.15, 0.2) is 0 Å². The number of piperidine rings is 1. The van der Waals surface area contributed by atoms with E-state index in [1.54, 1.807) is 12.3 Å². The van der Waals surface area contributed by atoms with Crippen LogP contribution in [0.15, 0.2) is 41.3 Å². The Labute approximate surface area is 222 Å². The number of hydrogen-bond donors (Lipinski definition) is 3. The van der Waals surface area contributed by atoms with Crippen LogP contribution in [0.5, 0.6) is 5.75 Å². The molecule has 1 aliphatic carbocycles. The zero-order valence-electron chi connectivity index (χ0n) is 21.3. The fraction of sp³-hybridized carbons (Fsp3) is 0.536. The largest absolute Gasteiger partial charge is 0.493 e. The molecule has 4 rings (SSSR count). The first kappa shape index (κ1) is 28.7. The van der Waals surface area contributed by atoms with Crippen molar-refractivity contribution in [1.29, 1.82) is 0 Å². The Morgan fingerprint density at radius 3 is 2.38 bits per heavy atom. The molecule has 1 aromatic carbocycles. The standard InChI is InChI=1S/C26H35ClN2O2.C2H2O4/c1-19(21-7-3-2-4-8-21)24-9-5-6-10-25(24)31-18-20-11-13-29(14-12-20)17-22-15-23(27)16-28-26(22)30;3-1(4)2(5)6/h5-6,9-10,15-16,19-21H,2-4,7-8,11-14,17-18H2,1H3,(H,28,30);(H,3,4)(H,5,6). The van der Waals surface area contributed by atoms with Gasteiger partial charge in [0.2, 0.25) is 0 Å². The maximum Gasteiger partial charge on any atom is 0.414 e. The monoisotopic (exact) mass is 532 g/mol. The predicted octanol–water partition coefficient (Wildman–Crippen LogP) is 5.16. The molecule has 0 amide bonds. The molecule has 8 nitrogen and oxygen atoms in total. The summed E-state index contributed by atoms with van der Waals surface area (Å²) < 4.78 is 6.39. The molecule has 2 heterocycles. The maximum absolute atomic E-state index is 12.0. The number of carboxylic acid groups (broad SMARTS) is 2. The van der Waals surface area contributed by atoms with Crippen LogP contribution in [0, 0.1) is 11.8 Å². The van der Waals surface area contributed by atoms with Gasteiger partial charge < -0.3 is 19.9 Å². The topological polar surface area (TPSA) is 120 Å². The van der Waals surface area contributed by atoms with Crippen LogP contribution in [0.3, 0.4) is 0 Å². The van der Waals surface area contributed by atoms with Crippen molar-refractivity contribution in [1.82, 2.24) is 9.88 Å². The first-order valence-corrected chi connectivity index (χ1v) is 13.4. The van der Waals surface area contributed by atoms with Crippen molar-refractivity contribution in [2.75, 3.05) is 19.7 Å². The SMILES string of the molecule is CC(c1ccccc1OCC1CCN(Cc2cc(Cl)c[nH]c2=O)CC1)C1CCCCC1.O=C(O)C(=O)O. The van der Waals surface area contributed by atoms with E-state index >= 15 is 0 Å². The summed E-state index contributed by atoms with van der Waals surface area (Å²) in [6, 6.07) is 10.4. The number of aromatic amines is 1. The van der Waals surface area contributed by atoms with Crippen LogP contribution >= 0.6 is 11.6 Å². The Morgan fingerprint density at radius 1 is 1.08 bits per heavy atom. The van der Waals surface area contributed by atoms with Gasteiger partial charge in [-0.05, 0) is 74.2 Å². The Bertz CT molecular complexity index is 1080. The number of halogens is 1. The summed E-state index contributed by atoms with van der Waals surface area (Å²) in [6.07, 6.45) is 10.6. The van der Waals surface area contributed by atoms with Gasteiger partial charge in [-0.3, -0.25) is 9.69 Å². The van der Waals surface area contributed by atoms with Gasteiger partial charge in [0, 0.05) is 18.3 Å². The van der Waals surface area contributed by atoms with Gasteiger partial charge in [-0.15, -0.1) is 0 Å². The molecule has 37 heavy (non-hydrogen) atoms. The van der Waals surface area contributed by atoms with Gasteiger partial charge in [-0.2, -0.15) is 0 Å². The summed E-state index contributed by atoms with van der Waals surface area (Å²) in [6.45, 7) is 5.79. The van der Waals surface area contributed by atoms with Crippen LogP contribution in [-0.2, 0) is 16.1 Å². The molecule has 0 bridgehead atoms. The molecule has 1 atom stereocenters. The van der Waals surface area contributed by atoms with Crippen molar-refractivity contribution in [3.05, 3.63) is 63.0 Å². The number of ether oxygens (including phenoxy) is 1. The lowest BCUT2D eigenvalue weighted by Gasteiger charge is -2.32. The number of H-pyrrole nitrogens is 1. The van der Waals surface area contributed by atoms with E-state index < -0.39 is 11.9 Å². The smallest absolute Gasteiger partial charge is 0.414 e. The number of nitrogens with zero attached hydrogens (tertiary/aromatic N) is 1. The average molecular weight is 533 g/mol. The number of hydrogen-bond acceptors (Lipinski definition) is 5. The van der Waals surface area contributed by atoms with E-state index in [9.17, 15) is 4.79 Å². The molecule has 1 unspecified atom stereocenters. The fourth-order valence-electron chi connectivity index (χ4n) is 5.25. The Hall–Kier alpha value is -2.84. The van der Waals surface area contributed by atoms with Crippen LogP contribution in [0.4, 0.5) is 0 Å². The molecule has 3 N–H and O–H groups in total. The zero-order chi connectivity index (χ0) is 26.8. The minimum Gasteiger partial charge on any atom is -0.493 e. The summed E-state index contributed by atoms with van der Waals surface area (Å²) in [5.41, 5.74) is 2.08. The third-order valence-electron chi connectivity index (χ3n) is 7.47. The highest BCUT2D eigenvalue weighted by atomic mass is 35.5. The number of nitrogens with one attached hydrogen (secondary N) is 1. The van der Waals surface area contributed by atoms with Crippen LogP contribution < -0.4 is 10.3 Å². The van der Waals surface area contributed by atoms with Gasteiger partial charge >= 0.3 is 11.9 Å². The second-order valence-electron chi connectivity index (χ2n) is 10.0. The van der Waals surface area contributed by atoms with Gasteiger partial charge in [-0.25, -0.2) is 9.59 Å². The van der Waals surface area contributed by atoms with Crippen LogP contribution in [0.25, 0.3) is 0 Å². The van der Waals surface area contributed by atoms with E-state index in [1.165, 1.54) is 37.7 Å². The Balaban J connectivity index is 0.000000568. The summed E-state index contributed by atoms with van der Waals surface area (Å²) >= 11 is 6.04. The highest BCUT2D eigenvalue weighted by Crippen LogP contribution is 2.39. The Kier molecular flexibility index (Phi) is 11.0. The zero-order valence-corrected chi connectivity index (χ0v) is 22.1. The second kappa shape index (κ2) is 14.2. The molecule has 1 saturated heterocycles. The third kappa shape index (κ3) is 8.90. The highest BCUT2D eigenvalue weighted by Gasteiger charge is 2.25. The number of carbonyl (C=O) groups is 2. The molecular formula is C28H37ClN2O6. The lowest BCUT2D eigenvalue weighted by Crippen LogP contribution is -2.36. The quantitative estimate of drug-likeness (QED) is 0.421. The number of aliphatic carboxylic acids is 2. The summed E-state index contributed by atoms with van der Waals surface area (Å²) in [7, 11) is 0. The minimum absolute atomic E-state index is 0.0430. The van der Waals surface area contributed by atoms with E-state index in [2.05, 4.69) is 41.1 Å². The van der Waals surface area contributed by atoms with Crippen molar-refractivity contribution in [3.63, 3.8) is 0 Å². The molecule has 0 radical (unpaired) electrons. The molecular weight excluding hydrogens is 496 g/mol. The summed E-state index contributed by atoms with van der Waals surface area (Å²) in [4.78, 5) is 35.3. The summed E-state index contributed by atoms with van der Waals surface area (Å²) in [5.74, 6) is -0.657. The summed E-state index contributed by atoms with van der Waals surface area (Å²) in [5, 5.41) is 15.4. The van der Waals surface area contributed by atoms with Gasteiger partial charge in [0.05, 0.1) is 11.6 Å². The van der Waals surface area contributed by atoms with Crippen LogP contribution in [0.2, 0.25) is 5.02 Å². The normalized spacial score (nSPS) is 17.9. The van der Waals surface area contributed by atoms with Gasteiger partial charge in [0.1, 0.15) is 5.75 Å². The highest BCUT2D eigenvalue weighted by molar-refractivity contribution is 6.30.